The van der Waals surface area contributed by atoms with Crippen LogP contribution < -0.4 is 15.6 Å². The molecule has 1 saturated heterocycles. The number of hydrogen-bond donors (Lipinski definition) is 2. The van der Waals surface area contributed by atoms with Gasteiger partial charge in [-0.2, -0.15) is 0 Å². The van der Waals surface area contributed by atoms with E-state index in [1.807, 2.05) is 6.92 Å². The third-order valence-electron chi connectivity index (χ3n) is 2.13. The van der Waals surface area contributed by atoms with Gasteiger partial charge in [-0.3, -0.25) is 4.79 Å². The quantitative estimate of drug-likeness (QED) is 0.694. The molecule has 14 heavy (non-hydrogen) atoms. The van der Waals surface area contributed by atoms with Crippen LogP contribution in [0.5, 0.6) is 5.88 Å². The van der Waals surface area contributed by atoms with Crippen molar-refractivity contribution in [2.24, 2.45) is 0 Å². The fourth-order valence-corrected chi connectivity index (χ4v) is 1.23. The third kappa shape index (κ3) is 1.93. The van der Waals surface area contributed by atoms with Gasteiger partial charge in [0.15, 0.2) is 0 Å². The monoisotopic (exact) mass is 195 g/mol. The van der Waals surface area contributed by atoms with Crippen LogP contribution in [-0.2, 0) is 6.42 Å². The molecule has 1 aliphatic heterocycles. The lowest BCUT2D eigenvalue weighted by molar-refractivity contribution is 0.135. The molecule has 1 fully saturated rings. The maximum Gasteiger partial charge on any atom is 0.254 e. The van der Waals surface area contributed by atoms with Crippen LogP contribution in [0.15, 0.2) is 10.9 Å². The fraction of sp³-hybridized carbons (Fsp3) is 0.556. The average Bonchev–Trinajstić information content (AvgIpc) is 2.10. The predicted molar refractivity (Wildman–Crippen MR) is 51.5 cm³/mol. The molecule has 0 bridgehead atoms. The molecule has 0 atom stereocenters. The number of nitrogens with one attached hydrogen (secondary N) is 2. The number of rotatable bonds is 3. The van der Waals surface area contributed by atoms with Crippen LogP contribution in [0.4, 0.5) is 0 Å². The Morgan fingerprint density at radius 1 is 1.64 bits per heavy atom. The molecule has 0 aliphatic carbocycles. The van der Waals surface area contributed by atoms with Gasteiger partial charge >= 0.3 is 0 Å². The first kappa shape index (κ1) is 9.21. The van der Waals surface area contributed by atoms with Gasteiger partial charge < -0.3 is 15.0 Å². The molecule has 2 rings (SSSR count). The number of aromatic amines is 1. The standard InChI is InChI=1S/C9H13N3O2/c1-2-7-11-8(13)3-9(12-7)14-6-4-10-5-6/h3,6,10H,2,4-5H2,1H3,(H,11,12,13). The molecule has 0 unspecified atom stereocenters. The summed E-state index contributed by atoms with van der Waals surface area (Å²) in [6.07, 6.45) is 0.865. The van der Waals surface area contributed by atoms with Gasteiger partial charge in [0.1, 0.15) is 11.9 Å². The van der Waals surface area contributed by atoms with E-state index in [1.165, 1.54) is 6.07 Å². The zero-order valence-electron chi connectivity index (χ0n) is 8.04. The molecule has 5 heteroatoms. The summed E-state index contributed by atoms with van der Waals surface area (Å²) < 4.78 is 5.48. The van der Waals surface area contributed by atoms with Gasteiger partial charge in [0.2, 0.25) is 5.88 Å². The van der Waals surface area contributed by atoms with Gasteiger partial charge in [0.05, 0.1) is 6.07 Å². The number of aromatic nitrogens is 2. The highest BCUT2D eigenvalue weighted by atomic mass is 16.5. The molecule has 76 valence electrons. The van der Waals surface area contributed by atoms with Gasteiger partial charge in [0, 0.05) is 19.5 Å². The Kier molecular flexibility index (Phi) is 2.49. The summed E-state index contributed by atoms with van der Waals surface area (Å²) in [5.74, 6) is 1.09. The van der Waals surface area contributed by atoms with Crippen LogP contribution in [0.1, 0.15) is 12.7 Å². The van der Waals surface area contributed by atoms with Crippen LogP contribution in [0.2, 0.25) is 0 Å². The molecule has 1 aromatic heterocycles. The van der Waals surface area contributed by atoms with Crippen LogP contribution in [0.3, 0.4) is 0 Å². The summed E-state index contributed by atoms with van der Waals surface area (Å²) >= 11 is 0. The molecule has 1 aliphatic rings. The highest BCUT2D eigenvalue weighted by molar-refractivity contribution is 5.10. The second kappa shape index (κ2) is 3.79. The minimum atomic E-state index is -0.154. The minimum Gasteiger partial charge on any atom is -0.471 e. The predicted octanol–water partition coefficient (Wildman–Crippen LogP) is -0.317. The second-order valence-electron chi connectivity index (χ2n) is 3.28. The van der Waals surface area contributed by atoms with Gasteiger partial charge in [0.25, 0.3) is 5.56 Å². The third-order valence-corrected chi connectivity index (χ3v) is 2.13. The smallest absolute Gasteiger partial charge is 0.254 e. The molecular weight excluding hydrogens is 182 g/mol. The number of hydrogen-bond acceptors (Lipinski definition) is 4. The van der Waals surface area contributed by atoms with Gasteiger partial charge in [-0.25, -0.2) is 4.98 Å². The summed E-state index contributed by atoms with van der Waals surface area (Å²) in [6.45, 7) is 3.60. The highest BCUT2D eigenvalue weighted by Crippen LogP contribution is 2.07. The molecule has 1 aromatic rings. The maximum atomic E-state index is 11.2. The SMILES string of the molecule is CCc1nc(OC2CNC2)cc(=O)[nH]1. The van der Waals surface area contributed by atoms with Crippen LogP contribution >= 0.6 is 0 Å². The Balaban J connectivity index is 2.15. The number of ether oxygens (including phenoxy) is 1. The summed E-state index contributed by atoms with van der Waals surface area (Å²) in [5.41, 5.74) is -0.154. The molecule has 2 N–H and O–H groups in total. The zero-order valence-corrected chi connectivity index (χ0v) is 8.04. The van der Waals surface area contributed by atoms with E-state index in [9.17, 15) is 4.79 Å². The van der Waals surface area contributed by atoms with Crippen LogP contribution in [0.25, 0.3) is 0 Å². The van der Waals surface area contributed by atoms with Crippen molar-refractivity contribution in [2.45, 2.75) is 19.4 Å². The molecule has 0 spiro atoms. The van der Waals surface area contributed by atoms with Crippen molar-refractivity contribution in [1.29, 1.82) is 0 Å². The Labute approximate surface area is 81.5 Å². The largest absolute Gasteiger partial charge is 0.471 e. The van der Waals surface area contributed by atoms with Crippen molar-refractivity contribution >= 4 is 0 Å². The highest BCUT2D eigenvalue weighted by Gasteiger charge is 2.19. The first-order valence-corrected chi connectivity index (χ1v) is 4.75. The van der Waals surface area contributed by atoms with E-state index in [0.29, 0.717) is 18.1 Å². The number of nitrogens with zero attached hydrogens (tertiary/aromatic N) is 1. The van der Waals surface area contributed by atoms with E-state index in [-0.39, 0.29) is 11.7 Å². The van der Waals surface area contributed by atoms with Crippen molar-refractivity contribution in [3.63, 3.8) is 0 Å². The molecular formula is C9H13N3O2. The summed E-state index contributed by atoms with van der Waals surface area (Å²) in [5, 5.41) is 3.09. The summed E-state index contributed by atoms with van der Waals surface area (Å²) in [7, 11) is 0. The van der Waals surface area contributed by atoms with E-state index in [4.69, 9.17) is 4.74 Å². The summed E-state index contributed by atoms with van der Waals surface area (Å²) in [6, 6.07) is 1.39. The Hall–Kier alpha value is -1.36. The van der Waals surface area contributed by atoms with Gasteiger partial charge in [-0.05, 0) is 0 Å². The van der Waals surface area contributed by atoms with Crippen LogP contribution in [0, 0.1) is 0 Å². The van der Waals surface area contributed by atoms with Crippen molar-refractivity contribution in [1.82, 2.24) is 15.3 Å². The lowest BCUT2D eigenvalue weighted by Crippen LogP contribution is -2.50. The van der Waals surface area contributed by atoms with Gasteiger partial charge in [-0.15, -0.1) is 0 Å². The molecule has 0 radical (unpaired) electrons. The molecule has 0 aromatic carbocycles. The molecule has 0 amide bonds. The topological polar surface area (TPSA) is 67.0 Å². The van der Waals surface area contributed by atoms with Crippen LogP contribution in [-0.4, -0.2) is 29.2 Å². The molecule has 2 heterocycles. The summed E-state index contributed by atoms with van der Waals surface area (Å²) in [4.78, 5) is 18.0. The zero-order chi connectivity index (χ0) is 9.97. The van der Waals surface area contributed by atoms with E-state index in [2.05, 4.69) is 15.3 Å². The van der Waals surface area contributed by atoms with E-state index in [1.54, 1.807) is 0 Å². The maximum absolute atomic E-state index is 11.2. The Bertz CT molecular complexity index is 371. The number of aryl methyl sites for hydroxylation is 1. The fourth-order valence-electron chi connectivity index (χ4n) is 1.23. The first-order valence-electron chi connectivity index (χ1n) is 4.75. The van der Waals surface area contributed by atoms with Crippen molar-refractivity contribution < 1.29 is 4.74 Å². The van der Waals surface area contributed by atoms with E-state index < -0.39 is 0 Å². The second-order valence-corrected chi connectivity index (χ2v) is 3.28. The van der Waals surface area contributed by atoms with Crippen molar-refractivity contribution in [3.8, 4) is 5.88 Å². The van der Waals surface area contributed by atoms with E-state index in [0.717, 1.165) is 13.1 Å². The molecule has 5 nitrogen and oxygen atoms in total. The van der Waals surface area contributed by atoms with Crippen molar-refractivity contribution in [3.05, 3.63) is 22.2 Å². The Morgan fingerprint density at radius 2 is 2.43 bits per heavy atom. The van der Waals surface area contributed by atoms with Crippen molar-refractivity contribution in [2.75, 3.05) is 13.1 Å². The normalized spacial score (nSPS) is 16.4. The first-order chi connectivity index (χ1) is 6.78. The molecule has 0 saturated carbocycles. The Morgan fingerprint density at radius 3 is 3.00 bits per heavy atom. The van der Waals surface area contributed by atoms with Gasteiger partial charge in [-0.1, -0.05) is 6.92 Å². The lowest BCUT2D eigenvalue weighted by atomic mass is 10.2. The lowest BCUT2D eigenvalue weighted by Gasteiger charge is -2.27. The average molecular weight is 195 g/mol. The number of H-pyrrole nitrogens is 1. The minimum absolute atomic E-state index is 0.154. The van der Waals surface area contributed by atoms with E-state index >= 15 is 0 Å².